The van der Waals surface area contributed by atoms with Crippen LogP contribution in [0.15, 0.2) is 24.3 Å². The van der Waals surface area contributed by atoms with Gasteiger partial charge in [-0.25, -0.2) is 19.4 Å². The second-order valence-corrected chi connectivity index (χ2v) is 6.81. The van der Waals surface area contributed by atoms with Crippen LogP contribution in [0.3, 0.4) is 0 Å². The molecule has 9 heteroatoms. The molecule has 1 aromatic carbocycles. The lowest BCUT2D eigenvalue weighted by molar-refractivity contribution is -0.343. The van der Waals surface area contributed by atoms with Crippen LogP contribution < -0.4 is 0 Å². The van der Waals surface area contributed by atoms with Gasteiger partial charge in [-0.3, -0.25) is 14.5 Å². The first-order valence-electron chi connectivity index (χ1n) is 9.56. The molecule has 0 radical (unpaired) electrons. The normalized spacial score (nSPS) is 16.4. The number of aliphatic carboxylic acids is 2. The van der Waals surface area contributed by atoms with Crippen LogP contribution in [-0.2, 0) is 19.4 Å². The highest BCUT2D eigenvalue weighted by Gasteiger charge is 2.41. The highest BCUT2D eigenvalue weighted by molar-refractivity contribution is 6.21. The average Bonchev–Trinajstić information content (AvgIpc) is 2.95. The standard InChI is InChI=1S/C20H25NO8/c1-3-5-10-15(19(24)25)28-29-16(20(26)27)11-12(4-2)21-17(22)13-8-6-7-9-14(13)18(21)23/h6-9,12,15-16H,3-5,10-11H2,1-2H3,(H,24,25)(H,26,27). The van der Waals surface area contributed by atoms with Crippen molar-refractivity contribution >= 4 is 23.8 Å². The summed E-state index contributed by atoms with van der Waals surface area (Å²) in [6, 6.07) is 5.64. The summed E-state index contributed by atoms with van der Waals surface area (Å²) < 4.78 is 0. The fourth-order valence-electron chi connectivity index (χ4n) is 3.16. The minimum Gasteiger partial charge on any atom is -0.479 e. The number of carbonyl (C=O) groups excluding carboxylic acids is 2. The van der Waals surface area contributed by atoms with Gasteiger partial charge in [0.05, 0.1) is 11.1 Å². The molecule has 158 valence electrons. The van der Waals surface area contributed by atoms with Crippen LogP contribution in [0.5, 0.6) is 0 Å². The predicted octanol–water partition coefficient (Wildman–Crippen LogP) is 2.50. The van der Waals surface area contributed by atoms with Gasteiger partial charge < -0.3 is 10.2 Å². The average molecular weight is 407 g/mol. The molecule has 0 bridgehead atoms. The van der Waals surface area contributed by atoms with Crippen molar-refractivity contribution in [3.63, 3.8) is 0 Å². The first kappa shape index (κ1) is 22.5. The van der Waals surface area contributed by atoms with Crippen molar-refractivity contribution in [2.75, 3.05) is 0 Å². The molecule has 1 aliphatic heterocycles. The van der Waals surface area contributed by atoms with E-state index < -0.39 is 42.0 Å². The highest BCUT2D eigenvalue weighted by Crippen LogP contribution is 2.27. The molecule has 1 heterocycles. The number of rotatable bonds is 12. The van der Waals surface area contributed by atoms with Crippen molar-refractivity contribution in [2.45, 2.75) is 64.2 Å². The van der Waals surface area contributed by atoms with Crippen molar-refractivity contribution in [2.24, 2.45) is 0 Å². The van der Waals surface area contributed by atoms with Crippen LogP contribution in [0.2, 0.25) is 0 Å². The summed E-state index contributed by atoms with van der Waals surface area (Å²) in [5.41, 5.74) is 0.538. The molecular formula is C20H25NO8. The molecule has 0 saturated carbocycles. The van der Waals surface area contributed by atoms with Crippen LogP contribution in [-0.4, -0.2) is 57.1 Å². The smallest absolute Gasteiger partial charge is 0.336 e. The zero-order chi connectivity index (χ0) is 21.6. The SMILES string of the molecule is CCCCC(OOC(CC(CC)N1C(=O)c2ccccc2C1=O)C(=O)O)C(=O)O. The van der Waals surface area contributed by atoms with Gasteiger partial charge in [0.25, 0.3) is 11.8 Å². The molecule has 2 N–H and O–H groups in total. The van der Waals surface area contributed by atoms with E-state index >= 15 is 0 Å². The predicted molar refractivity (Wildman–Crippen MR) is 100 cm³/mol. The monoisotopic (exact) mass is 407 g/mol. The fraction of sp³-hybridized carbons (Fsp3) is 0.500. The van der Waals surface area contributed by atoms with Gasteiger partial charge in [0, 0.05) is 12.5 Å². The number of hydrogen-bond acceptors (Lipinski definition) is 6. The molecule has 2 rings (SSSR count). The molecule has 3 atom stereocenters. The molecule has 29 heavy (non-hydrogen) atoms. The van der Waals surface area contributed by atoms with E-state index in [2.05, 4.69) is 0 Å². The summed E-state index contributed by atoms with van der Waals surface area (Å²) in [5.74, 6) is -3.61. The van der Waals surface area contributed by atoms with Crippen LogP contribution in [0.4, 0.5) is 0 Å². The third-order valence-electron chi connectivity index (χ3n) is 4.81. The van der Waals surface area contributed by atoms with E-state index in [-0.39, 0.29) is 24.0 Å². The maximum Gasteiger partial charge on any atom is 0.336 e. The van der Waals surface area contributed by atoms with E-state index in [4.69, 9.17) is 9.78 Å². The van der Waals surface area contributed by atoms with Gasteiger partial charge in [-0.1, -0.05) is 38.8 Å². The number of unbranched alkanes of at least 4 members (excludes halogenated alkanes) is 1. The maximum atomic E-state index is 12.6. The summed E-state index contributed by atoms with van der Waals surface area (Å²) >= 11 is 0. The number of amides is 2. The lowest BCUT2D eigenvalue weighted by Gasteiger charge is -2.27. The van der Waals surface area contributed by atoms with Crippen LogP contribution in [0.1, 0.15) is 66.7 Å². The number of carboxylic acid groups (broad SMARTS) is 2. The molecule has 0 saturated heterocycles. The van der Waals surface area contributed by atoms with Crippen LogP contribution >= 0.6 is 0 Å². The Morgan fingerprint density at radius 3 is 1.93 bits per heavy atom. The van der Waals surface area contributed by atoms with E-state index in [1.807, 2.05) is 6.92 Å². The van der Waals surface area contributed by atoms with Gasteiger partial charge in [0.1, 0.15) is 0 Å². The number of hydrogen-bond donors (Lipinski definition) is 2. The van der Waals surface area contributed by atoms with Gasteiger partial charge in [0.2, 0.25) is 0 Å². The number of carboxylic acids is 2. The van der Waals surface area contributed by atoms with Gasteiger partial charge in [-0.2, -0.15) is 0 Å². The summed E-state index contributed by atoms with van der Waals surface area (Å²) in [4.78, 5) is 59.0. The molecular weight excluding hydrogens is 382 g/mol. The molecule has 0 fully saturated rings. The zero-order valence-electron chi connectivity index (χ0n) is 16.4. The largest absolute Gasteiger partial charge is 0.479 e. The lowest BCUT2D eigenvalue weighted by atomic mass is 10.1. The Hall–Kier alpha value is -2.78. The molecule has 3 unspecified atom stereocenters. The Morgan fingerprint density at radius 2 is 1.48 bits per heavy atom. The minimum absolute atomic E-state index is 0.174. The zero-order valence-corrected chi connectivity index (χ0v) is 16.4. The van der Waals surface area contributed by atoms with E-state index in [0.29, 0.717) is 12.8 Å². The number of nitrogens with zero attached hydrogens (tertiary/aromatic N) is 1. The molecule has 1 aromatic rings. The highest BCUT2D eigenvalue weighted by atomic mass is 17.2. The Kier molecular flexibility index (Phi) is 7.86. The van der Waals surface area contributed by atoms with E-state index in [1.54, 1.807) is 31.2 Å². The Labute approximate surface area is 168 Å². The van der Waals surface area contributed by atoms with E-state index in [0.717, 1.165) is 11.3 Å². The van der Waals surface area contributed by atoms with Crippen molar-refractivity contribution < 1.29 is 39.2 Å². The van der Waals surface area contributed by atoms with E-state index in [9.17, 15) is 29.4 Å². The van der Waals surface area contributed by atoms with E-state index in [1.165, 1.54) is 0 Å². The third-order valence-corrected chi connectivity index (χ3v) is 4.81. The second kappa shape index (κ2) is 10.1. The number of imide groups is 1. The Bertz CT molecular complexity index is 742. The molecule has 0 aromatic heterocycles. The quantitative estimate of drug-likeness (QED) is 0.307. The summed E-state index contributed by atoms with van der Waals surface area (Å²) in [5, 5.41) is 18.6. The minimum atomic E-state index is -1.53. The van der Waals surface area contributed by atoms with Crippen LogP contribution in [0.25, 0.3) is 0 Å². The van der Waals surface area contributed by atoms with Crippen molar-refractivity contribution in [1.82, 2.24) is 4.90 Å². The van der Waals surface area contributed by atoms with Gasteiger partial charge >= 0.3 is 11.9 Å². The summed E-state index contributed by atoms with van der Waals surface area (Å²) in [7, 11) is 0. The third kappa shape index (κ3) is 5.18. The Balaban J connectivity index is 2.10. The fourth-order valence-corrected chi connectivity index (χ4v) is 3.16. The Morgan fingerprint density at radius 1 is 0.966 bits per heavy atom. The number of fused-ring (bicyclic) bond motifs is 1. The first-order chi connectivity index (χ1) is 13.8. The number of benzene rings is 1. The topological polar surface area (TPSA) is 130 Å². The summed E-state index contributed by atoms with van der Waals surface area (Å²) in [6.45, 7) is 3.60. The molecule has 0 aliphatic carbocycles. The summed E-state index contributed by atoms with van der Waals surface area (Å²) in [6.07, 6.45) is -1.26. The van der Waals surface area contributed by atoms with Crippen molar-refractivity contribution in [3.05, 3.63) is 35.4 Å². The molecule has 0 spiro atoms. The van der Waals surface area contributed by atoms with Gasteiger partial charge in [-0.15, -0.1) is 0 Å². The van der Waals surface area contributed by atoms with Crippen molar-refractivity contribution in [3.8, 4) is 0 Å². The first-order valence-corrected chi connectivity index (χ1v) is 9.56. The maximum absolute atomic E-state index is 12.6. The lowest BCUT2D eigenvalue weighted by Crippen LogP contribution is -2.43. The van der Waals surface area contributed by atoms with Gasteiger partial charge in [0.15, 0.2) is 12.2 Å². The molecule has 2 amide bonds. The van der Waals surface area contributed by atoms with Gasteiger partial charge in [-0.05, 0) is 25.0 Å². The second-order valence-electron chi connectivity index (χ2n) is 6.81. The molecule has 9 nitrogen and oxygen atoms in total. The van der Waals surface area contributed by atoms with Crippen molar-refractivity contribution in [1.29, 1.82) is 0 Å². The van der Waals surface area contributed by atoms with Crippen LogP contribution in [0, 0.1) is 0 Å². The number of carbonyl (C=O) groups is 4. The molecule has 1 aliphatic rings.